The Balaban J connectivity index is 2.26. The second-order valence-corrected chi connectivity index (χ2v) is 3.58. The van der Waals surface area contributed by atoms with Gasteiger partial charge >= 0.3 is 0 Å². The molecule has 2 aromatic heterocycles. The van der Waals surface area contributed by atoms with Crippen molar-refractivity contribution in [2.45, 2.75) is 6.92 Å². The van der Waals surface area contributed by atoms with Crippen molar-refractivity contribution in [2.75, 3.05) is 37.4 Å². The highest BCUT2D eigenvalue weighted by atomic mass is 16.5. The van der Waals surface area contributed by atoms with Crippen LogP contribution in [0, 0.1) is 0 Å². The summed E-state index contributed by atoms with van der Waals surface area (Å²) in [6.45, 7) is 4.23. The number of fused-ring (bicyclic) bond motifs is 1. The van der Waals surface area contributed by atoms with E-state index in [0.717, 1.165) is 23.8 Å². The largest absolute Gasteiger partial charge is 0.383 e. The highest BCUT2D eigenvalue weighted by Gasteiger charge is 2.06. The van der Waals surface area contributed by atoms with Crippen molar-refractivity contribution in [3.8, 4) is 0 Å². The lowest BCUT2D eigenvalue weighted by atomic mass is 10.5. The van der Waals surface area contributed by atoms with Crippen LogP contribution in [-0.4, -0.2) is 41.2 Å². The van der Waals surface area contributed by atoms with E-state index in [2.05, 4.69) is 20.6 Å². The molecule has 0 spiro atoms. The van der Waals surface area contributed by atoms with Gasteiger partial charge in [-0.3, -0.25) is 0 Å². The van der Waals surface area contributed by atoms with Gasteiger partial charge in [-0.05, 0) is 6.92 Å². The van der Waals surface area contributed by atoms with E-state index in [4.69, 9.17) is 4.74 Å². The third kappa shape index (κ3) is 2.65. The molecule has 0 radical (unpaired) electrons. The standard InChI is InChI=1S/C11H17N5O/c1-3-12-9-8-16-6-4-14-11(16)10(15-9)13-5-7-17-2/h4,6,8,12H,3,5,7H2,1-2H3,(H,13,15). The van der Waals surface area contributed by atoms with Crippen LogP contribution in [0.2, 0.25) is 0 Å². The lowest BCUT2D eigenvalue weighted by molar-refractivity contribution is 0.210. The molecule has 0 aliphatic rings. The zero-order valence-corrected chi connectivity index (χ0v) is 10.1. The number of nitrogens with one attached hydrogen (secondary N) is 2. The second-order valence-electron chi connectivity index (χ2n) is 3.58. The van der Waals surface area contributed by atoms with Gasteiger partial charge in [0.25, 0.3) is 0 Å². The molecule has 17 heavy (non-hydrogen) atoms. The zero-order valence-electron chi connectivity index (χ0n) is 10.1. The number of aromatic nitrogens is 3. The van der Waals surface area contributed by atoms with Crippen LogP contribution in [-0.2, 0) is 4.74 Å². The lowest BCUT2D eigenvalue weighted by Gasteiger charge is -2.09. The molecule has 0 atom stereocenters. The Hall–Kier alpha value is -1.82. The summed E-state index contributed by atoms with van der Waals surface area (Å²) < 4.78 is 6.95. The van der Waals surface area contributed by atoms with Gasteiger partial charge in [0.15, 0.2) is 11.5 Å². The first-order chi connectivity index (χ1) is 8.35. The minimum atomic E-state index is 0.639. The van der Waals surface area contributed by atoms with Gasteiger partial charge in [-0.25, -0.2) is 9.97 Å². The van der Waals surface area contributed by atoms with E-state index in [1.807, 2.05) is 23.7 Å². The molecule has 92 valence electrons. The summed E-state index contributed by atoms with van der Waals surface area (Å²) in [5.74, 6) is 1.60. The molecule has 0 fully saturated rings. The van der Waals surface area contributed by atoms with Gasteiger partial charge in [-0.15, -0.1) is 0 Å². The molecule has 2 rings (SSSR count). The fourth-order valence-corrected chi connectivity index (χ4v) is 1.59. The van der Waals surface area contributed by atoms with Crippen molar-refractivity contribution in [2.24, 2.45) is 0 Å². The molecule has 0 amide bonds. The Bertz CT molecular complexity index is 482. The van der Waals surface area contributed by atoms with Crippen LogP contribution in [0.3, 0.4) is 0 Å². The van der Waals surface area contributed by atoms with Gasteiger partial charge in [-0.1, -0.05) is 0 Å². The Labute approximate surface area is 100 Å². The Morgan fingerprint density at radius 3 is 3.06 bits per heavy atom. The molecule has 0 saturated carbocycles. The van der Waals surface area contributed by atoms with Crippen LogP contribution in [0.1, 0.15) is 6.92 Å². The van der Waals surface area contributed by atoms with Crippen molar-refractivity contribution in [1.29, 1.82) is 0 Å². The number of anilines is 2. The summed E-state index contributed by atoms with van der Waals surface area (Å²) in [4.78, 5) is 8.74. The van der Waals surface area contributed by atoms with E-state index < -0.39 is 0 Å². The topological polar surface area (TPSA) is 63.5 Å². The molecule has 6 heteroatoms. The maximum atomic E-state index is 5.00. The molecule has 0 aliphatic carbocycles. The van der Waals surface area contributed by atoms with E-state index in [0.29, 0.717) is 13.2 Å². The molecule has 0 aromatic carbocycles. The summed E-state index contributed by atoms with van der Waals surface area (Å²) in [6, 6.07) is 0. The first-order valence-corrected chi connectivity index (χ1v) is 5.65. The summed E-state index contributed by atoms with van der Waals surface area (Å²) in [5.41, 5.74) is 0.822. The third-order valence-corrected chi connectivity index (χ3v) is 2.33. The number of ether oxygens (including phenoxy) is 1. The van der Waals surface area contributed by atoms with Gasteiger partial charge in [0.2, 0.25) is 0 Å². The van der Waals surface area contributed by atoms with Crippen molar-refractivity contribution in [3.05, 3.63) is 18.6 Å². The quantitative estimate of drug-likeness (QED) is 0.737. The van der Waals surface area contributed by atoms with Crippen LogP contribution < -0.4 is 10.6 Å². The lowest BCUT2D eigenvalue weighted by Crippen LogP contribution is -2.11. The van der Waals surface area contributed by atoms with Crippen LogP contribution in [0.25, 0.3) is 5.65 Å². The van der Waals surface area contributed by atoms with Gasteiger partial charge in [-0.2, -0.15) is 0 Å². The van der Waals surface area contributed by atoms with Crippen LogP contribution >= 0.6 is 0 Å². The highest BCUT2D eigenvalue weighted by molar-refractivity contribution is 5.65. The van der Waals surface area contributed by atoms with E-state index in [1.165, 1.54) is 0 Å². The number of rotatable bonds is 6. The SMILES string of the molecule is CCNc1cn2ccnc2c(NCCOC)n1. The smallest absolute Gasteiger partial charge is 0.180 e. The number of nitrogens with zero attached hydrogens (tertiary/aromatic N) is 3. The maximum Gasteiger partial charge on any atom is 0.180 e. The number of imidazole rings is 1. The van der Waals surface area contributed by atoms with E-state index in [-0.39, 0.29) is 0 Å². The predicted octanol–water partition coefficient (Wildman–Crippen LogP) is 1.22. The van der Waals surface area contributed by atoms with Crippen molar-refractivity contribution < 1.29 is 4.74 Å². The average Bonchev–Trinajstić information content (AvgIpc) is 2.78. The van der Waals surface area contributed by atoms with E-state index in [1.54, 1.807) is 13.3 Å². The molecular formula is C11H17N5O. The van der Waals surface area contributed by atoms with E-state index >= 15 is 0 Å². The number of hydrogen-bond donors (Lipinski definition) is 2. The molecule has 2 aromatic rings. The minimum Gasteiger partial charge on any atom is -0.383 e. The maximum absolute atomic E-state index is 5.00. The Morgan fingerprint density at radius 2 is 2.29 bits per heavy atom. The molecule has 0 aliphatic heterocycles. The Morgan fingerprint density at radius 1 is 1.41 bits per heavy atom. The van der Waals surface area contributed by atoms with Gasteiger partial charge in [0.1, 0.15) is 5.82 Å². The summed E-state index contributed by atoms with van der Waals surface area (Å²) >= 11 is 0. The third-order valence-electron chi connectivity index (χ3n) is 2.33. The first kappa shape index (κ1) is 11.7. The molecule has 0 bridgehead atoms. The monoisotopic (exact) mass is 235 g/mol. The van der Waals surface area contributed by atoms with Crippen LogP contribution in [0.5, 0.6) is 0 Å². The molecule has 0 saturated heterocycles. The fraction of sp³-hybridized carbons (Fsp3) is 0.455. The molecule has 6 nitrogen and oxygen atoms in total. The van der Waals surface area contributed by atoms with Gasteiger partial charge in [0, 0.05) is 32.6 Å². The fourth-order valence-electron chi connectivity index (χ4n) is 1.59. The number of methoxy groups -OCH3 is 1. The van der Waals surface area contributed by atoms with Gasteiger partial charge in [0.05, 0.1) is 12.8 Å². The average molecular weight is 235 g/mol. The minimum absolute atomic E-state index is 0.639. The normalized spacial score (nSPS) is 10.7. The van der Waals surface area contributed by atoms with Crippen LogP contribution in [0.15, 0.2) is 18.6 Å². The summed E-state index contributed by atoms with van der Waals surface area (Å²) in [5, 5.41) is 6.40. The van der Waals surface area contributed by atoms with Crippen molar-refractivity contribution >= 4 is 17.3 Å². The Kier molecular flexibility index (Phi) is 3.77. The predicted molar refractivity (Wildman–Crippen MR) is 67.5 cm³/mol. The molecule has 0 unspecified atom stereocenters. The summed E-state index contributed by atoms with van der Waals surface area (Å²) in [7, 11) is 1.68. The first-order valence-electron chi connectivity index (χ1n) is 5.65. The molecule has 2 N–H and O–H groups in total. The number of hydrogen-bond acceptors (Lipinski definition) is 5. The second kappa shape index (κ2) is 5.49. The van der Waals surface area contributed by atoms with E-state index in [9.17, 15) is 0 Å². The molecule has 2 heterocycles. The van der Waals surface area contributed by atoms with Crippen molar-refractivity contribution in [1.82, 2.24) is 14.4 Å². The molecular weight excluding hydrogens is 218 g/mol. The summed E-state index contributed by atoms with van der Waals surface area (Å²) in [6.07, 6.45) is 5.58. The van der Waals surface area contributed by atoms with Gasteiger partial charge < -0.3 is 19.8 Å². The highest BCUT2D eigenvalue weighted by Crippen LogP contribution is 2.15. The van der Waals surface area contributed by atoms with Crippen LogP contribution in [0.4, 0.5) is 11.6 Å². The van der Waals surface area contributed by atoms with Crippen molar-refractivity contribution in [3.63, 3.8) is 0 Å². The zero-order chi connectivity index (χ0) is 12.1.